The van der Waals surface area contributed by atoms with Gasteiger partial charge in [0.05, 0.1) is 6.04 Å². The van der Waals surface area contributed by atoms with Crippen molar-refractivity contribution >= 4 is 5.91 Å². The Labute approximate surface area is 111 Å². The second-order valence-electron chi connectivity index (χ2n) is 5.21. The number of hydrogen-bond donors (Lipinski definition) is 1. The second kappa shape index (κ2) is 5.25. The molecule has 2 rings (SSSR count). The summed E-state index contributed by atoms with van der Waals surface area (Å²) in [4.78, 5) is 13.6. The maximum atomic E-state index is 13.9. The number of benzene rings is 1. The summed E-state index contributed by atoms with van der Waals surface area (Å²) in [6.45, 7) is 3.73. The van der Waals surface area contributed by atoms with E-state index in [1.165, 1.54) is 12.1 Å². The number of piperidine rings is 1. The molecule has 19 heavy (non-hydrogen) atoms. The lowest BCUT2D eigenvalue weighted by molar-refractivity contribution is -0.139. The lowest BCUT2D eigenvalue weighted by atomic mass is 9.89. The normalized spacial score (nSPS) is 24.1. The van der Waals surface area contributed by atoms with Crippen LogP contribution in [0.5, 0.6) is 0 Å². The van der Waals surface area contributed by atoms with E-state index in [1.807, 2.05) is 13.8 Å². The van der Waals surface area contributed by atoms with Crippen LogP contribution in [0.4, 0.5) is 8.78 Å². The molecule has 2 unspecified atom stereocenters. The van der Waals surface area contributed by atoms with Crippen LogP contribution in [0.1, 0.15) is 38.3 Å². The summed E-state index contributed by atoms with van der Waals surface area (Å²) in [5, 5.41) is 0. The van der Waals surface area contributed by atoms with Gasteiger partial charge in [0.2, 0.25) is 5.91 Å². The lowest BCUT2D eigenvalue weighted by Crippen LogP contribution is -2.51. The molecule has 3 nitrogen and oxygen atoms in total. The van der Waals surface area contributed by atoms with E-state index in [9.17, 15) is 13.6 Å². The molecule has 1 fully saturated rings. The van der Waals surface area contributed by atoms with Gasteiger partial charge in [-0.1, -0.05) is 6.07 Å². The van der Waals surface area contributed by atoms with Crippen LogP contribution in [0.25, 0.3) is 0 Å². The van der Waals surface area contributed by atoms with Gasteiger partial charge in [-0.05, 0) is 26.3 Å². The van der Waals surface area contributed by atoms with E-state index >= 15 is 0 Å². The molecule has 1 amide bonds. The maximum absolute atomic E-state index is 13.9. The monoisotopic (exact) mass is 268 g/mol. The number of hydrogen-bond acceptors (Lipinski definition) is 2. The molecule has 1 aliphatic rings. The molecule has 1 aliphatic heterocycles. The summed E-state index contributed by atoms with van der Waals surface area (Å²) in [7, 11) is 0. The van der Waals surface area contributed by atoms with Gasteiger partial charge in [-0.2, -0.15) is 0 Å². The van der Waals surface area contributed by atoms with Crippen LogP contribution in [0.15, 0.2) is 18.2 Å². The predicted octanol–water partition coefficient (Wildman–Crippen LogP) is 2.36. The molecule has 2 N–H and O–H groups in total. The van der Waals surface area contributed by atoms with Crippen LogP contribution in [0.2, 0.25) is 0 Å². The highest BCUT2D eigenvalue weighted by Gasteiger charge is 2.37. The number of likely N-dealkylation sites (tertiary alicyclic amines) is 1. The molecule has 0 spiro atoms. The lowest BCUT2D eigenvalue weighted by Gasteiger charge is -2.42. The van der Waals surface area contributed by atoms with Gasteiger partial charge in [-0.25, -0.2) is 8.78 Å². The zero-order valence-electron chi connectivity index (χ0n) is 11.1. The number of carbonyl (C=O) groups is 1. The molecule has 0 saturated carbocycles. The Morgan fingerprint density at radius 1 is 1.37 bits per heavy atom. The average molecular weight is 268 g/mol. The maximum Gasteiger partial charge on any atom is 0.223 e. The van der Waals surface area contributed by atoms with Crippen molar-refractivity contribution in [1.29, 1.82) is 0 Å². The molecule has 0 aromatic heterocycles. The van der Waals surface area contributed by atoms with Gasteiger partial charge < -0.3 is 10.6 Å². The topological polar surface area (TPSA) is 46.3 Å². The van der Waals surface area contributed by atoms with E-state index < -0.39 is 17.7 Å². The van der Waals surface area contributed by atoms with E-state index in [0.29, 0.717) is 12.8 Å². The average Bonchev–Trinajstić information content (AvgIpc) is 2.32. The number of nitrogens with two attached hydrogens (primary N) is 1. The highest BCUT2D eigenvalue weighted by Crippen LogP contribution is 2.34. The molecule has 1 aromatic rings. The summed E-state index contributed by atoms with van der Waals surface area (Å²) in [5.74, 6) is -1.32. The fraction of sp³-hybridized carbons (Fsp3) is 0.500. The predicted molar refractivity (Wildman–Crippen MR) is 68.3 cm³/mol. The van der Waals surface area contributed by atoms with Crippen LogP contribution >= 0.6 is 0 Å². The van der Waals surface area contributed by atoms with E-state index in [4.69, 9.17) is 5.73 Å². The number of halogens is 2. The van der Waals surface area contributed by atoms with Gasteiger partial charge >= 0.3 is 0 Å². The Balaban J connectivity index is 2.45. The highest BCUT2D eigenvalue weighted by atomic mass is 19.1. The number of amides is 1. The molecule has 104 valence electrons. The Hall–Kier alpha value is -1.49. The first-order valence-electron chi connectivity index (χ1n) is 6.43. The summed E-state index contributed by atoms with van der Waals surface area (Å²) >= 11 is 0. The van der Waals surface area contributed by atoms with Crippen LogP contribution in [-0.2, 0) is 4.79 Å². The van der Waals surface area contributed by atoms with Crippen LogP contribution < -0.4 is 5.73 Å². The fourth-order valence-corrected chi connectivity index (χ4v) is 2.67. The number of rotatable bonds is 2. The van der Waals surface area contributed by atoms with Gasteiger partial charge in [0.15, 0.2) is 0 Å². The zero-order chi connectivity index (χ0) is 14.2. The first kappa shape index (κ1) is 13.9. The van der Waals surface area contributed by atoms with Crippen LogP contribution in [0, 0.1) is 11.6 Å². The third-order valence-electron chi connectivity index (χ3n) is 3.52. The summed E-state index contributed by atoms with van der Waals surface area (Å²) in [6, 6.07) is 2.47. The van der Waals surface area contributed by atoms with E-state index in [0.717, 1.165) is 6.07 Å². The van der Waals surface area contributed by atoms with Crippen molar-refractivity contribution in [3.63, 3.8) is 0 Å². The van der Waals surface area contributed by atoms with Gasteiger partial charge in [0.1, 0.15) is 11.6 Å². The summed E-state index contributed by atoms with van der Waals surface area (Å²) < 4.78 is 26.9. The van der Waals surface area contributed by atoms with Crippen molar-refractivity contribution < 1.29 is 13.6 Å². The fourth-order valence-electron chi connectivity index (χ4n) is 2.67. The molecule has 0 radical (unpaired) electrons. The SMILES string of the molecule is CC(C)N1C(=O)CCC(N)C1c1ccc(F)cc1F. The Bertz CT molecular complexity index is 490. The van der Waals surface area contributed by atoms with Crippen molar-refractivity contribution in [1.82, 2.24) is 4.90 Å². The quantitative estimate of drug-likeness (QED) is 0.895. The standard InChI is InChI=1S/C14H18F2N2O/c1-8(2)18-13(19)6-5-12(17)14(18)10-4-3-9(15)7-11(10)16/h3-4,7-8,12,14H,5-6,17H2,1-2H3. The largest absolute Gasteiger partial charge is 0.332 e. The molecular weight excluding hydrogens is 250 g/mol. The molecule has 0 aliphatic carbocycles. The molecule has 1 aromatic carbocycles. The minimum atomic E-state index is -0.652. The van der Waals surface area contributed by atoms with Crippen molar-refractivity contribution in [2.24, 2.45) is 5.73 Å². The summed E-state index contributed by atoms with van der Waals surface area (Å²) in [6.07, 6.45) is 0.891. The molecular formula is C14H18F2N2O. The van der Waals surface area contributed by atoms with Crippen molar-refractivity contribution in [3.05, 3.63) is 35.4 Å². The third-order valence-corrected chi connectivity index (χ3v) is 3.52. The first-order valence-corrected chi connectivity index (χ1v) is 6.43. The molecule has 1 saturated heterocycles. The van der Waals surface area contributed by atoms with Crippen molar-refractivity contribution in [3.8, 4) is 0 Å². The smallest absolute Gasteiger partial charge is 0.223 e. The van der Waals surface area contributed by atoms with E-state index in [-0.39, 0.29) is 23.6 Å². The highest BCUT2D eigenvalue weighted by molar-refractivity contribution is 5.78. The molecule has 2 atom stereocenters. The number of nitrogens with zero attached hydrogens (tertiary/aromatic N) is 1. The van der Waals surface area contributed by atoms with Gasteiger partial charge in [0, 0.05) is 30.1 Å². The van der Waals surface area contributed by atoms with Crippen LogP contribution in [-0.4, -0.2) is 22.9 Å². The second-order valence-corrected chi connectivity index (χ2v) is 5.21. The Morgan fingerprint density at radius 2 is 2.05 bits per heavy atom. The molecule has 0 bridgehead atoms. The first-order chi connectivity index (χ1) is 8.91. The van der Waals surface area contributed by atoms with Crippen LogP contribution in [0.3, 0.4) is 0 Å². The summed E-state index contributed by atoms with van der Waals surface area (Å²) in [5.41, 5.74) is 6.34. The Kier molecular flexibility index (Phi) is 3.85. The van der Waals surface area contributed by atoms with Crippen molar-refractivity contribution in [2.75, 3.05) is 0 Å². The third kappa shape index (κ3) is 2.61. The minimum absolute atomic E-state index is 0.0366. The molecule has 5 heteroatoms. The van der Waals surface area contributed by atoms with Gasteiger partial charge in [-0.15, -0.1) is 0 Å². The van der Waals surface area contributed by atoms with E-state index in [2.05, 4.69) is 0 Å². The van der Waals surface area contributed by atoms with Crippen molar-refractivity contribution in [2.45, 2.75) is 44.8 Å². The Morgan fingerprint density at radius 3 is 2.63 bits per heavy atom. The zero-order valence-corrected chi connectivity index (χ0v) is 11.1. The van der Waals surface area contributed by atoms with Gasteiger partial charge in [0.25, 0.3) is 0 Å². The minimum Gasteiger partial charge on any atom is -0.332 e. The molecule has 1 heterocycles. The van der Waals surface area contributed by atoms with E-state index in [1.54, 1.807) is 4.90 Å². The van der Waals surface area contributed by atoms with Gasteiger partial charge in [-0.3, -0.25) is 4.79 Å². The number of carbonyl (C=O) groups excluding carboxylic acids is 1.